The first-order valence-corrected chi connectivity index (χ1v) is 5.36. The maximum Gasteiger partial charge on any atom is 0.257 e. The fourth-order valence-electron chi connectivity index (χ4n) is 1.52. The van der Waals surface area contributed by atoms with Crippen molar-refractivity contribution >= 4 is 17.4 Å². The van der Waals surface area contributed by atoms with Gasteiger partial charge in [-0.3, -0.25) is 9.59 Å². The first kappa shape index (κ1) is 11.9. The minimum absolute atomic E-state index is 0.0984. The van der Waals surface area contributed by atoms with E-state index >= 15 is 0 Å². The maximum absolute atomic E-state index is 11.9. The van der Waals surface area contributed by atoms with Crippen LogP contribution in [0.15, 0.2) is 42.7 Å². The second-order valence-electron chi connectivity index (χ2n) is 3.69. The molecule has 0 aliphatic carbocycles. The van der Waals surface area contributed by atoms with Crippen LogP contribution in [0.2, 0.25) is 0 Å². The second-order valence-corrected chi connectivity index (χ2v) is 3.69. The Labute approximate surface area is 104 Å². The third-order valence-corrected chi connectivity index (χ3v) is 2.40. The van der Waals surface area contributed by atoms with Crippen LogP contribution in [-0.2, 0) is 0 Å². The molecule has 18 heavy (non-hydrogen) atoms. The second kappa shape index (κ2) is 5.18. The highest BCUT2D eigenvalue weighted by molar-refractivity contribution is 6.08. The Morgan fingerprint density at radius 1 is 1.11 bits per heavy atom. The lowest BCUT2D eigenvalue weighted by molar-refractivity contribution is 0.101. The van der Waals surface area contributed by atoms with E-state index in [1.807, 2.05) is 0 Å². The van der Waals surface area contributed by atoms with Gasteiger partial charge in [-0.25, -0.2) is 0 Å². The fourth-order valence-corrected chi connectivity index (χ4v) is 1.52. The van der Waals surface area contributed by atoms with Gasteiger partial charge >= 0.3 is 0 Å². The summed E-state index contributed by atoms with van der Waals surface area (Å²) < 4.78 is 0. The number of aromatic nitrogens is 2. The standard InChI is InChI=1S/C13H11N3O2/c1-9(17)11-4-2-3-5-12(11)16-13(18)10-6-7-14-15-8-10/h2-8H,1H3,(H,16,18). The van der Waals surface area contributed by atoms with E-state index in [2.05, 4.69) is 15.5 Å². The van der Waals surface area contributed by atoms with Crippen molar-refractivity contribution in [2.45, 2.75) is 6.92 Å². The van der Waals surface area contributed by atoms with Crippen LogP contribution in [0.5, 0.6) is 0 Å². The molecule has 1 amide bonds. The average molecular weight is 241 g/mol. The lowest BCUT2D eigenvalue weighted by Crippen LogP contribution is -2.14. The van der Waals surface area contributed by atoms with Gasteiger partial charge in [0.15, 0.2) is 5.78 Å². The van der Waals surface area contributed by atoms with Gasteiger partial charge in [0, 0.05) is 5.56 Å². The van der Waals surface area contributed by atoms with Gasteiger partial charge in [-0.1, -0.05) is 12.1 Å². The number of para-hydroxylation sites is 1. The number of carbonyl (C=O) groups excluding carboxylic acids is 2. The predicted octanol–water partition coefficient (Wildman–Crippen LogP) is 1.93. The van der Waals surface area contributed by atoms with Gasteiger partial charge in [0.25, 0.3) is 5.91 Å². The lowest BCUT2D eigenvalue weighted by Gasteiger charge is -2.08. The van der Waals surface area contributed by atoms with E-state index in [4.69, 9.17) is 0 Å². The van der Waals surface area contributed by atoms with E-state index in [1.165, 1.54) is 19.3 Å². The van der Waals surface area contributed by atoms with Crippen LogP contribution in [0.4, 0.5) is 5.69 Å². The Kier molecular flexibility index (Phi) is 3.43. The van der Waals surface area contributed by atoms with Crippen molar-refractivity contribution in [2.24, 2.45) is 0 Å². The zero-order valence-electron chi connectivity index (χ0n) is 9.75. The normalized spacial score (nSPS) is 9.83. The molecule has 1 aromatic heterocycles. The fraction of sp³-hybridized carbons (Fsp3) is 0.0769. The van der Waals surface area contributed by atoms with E-state index in [0.29, 0.717) is 16.8 Å². The molecule has 0 saturated carbocycles. The van der Waals surface area contributed by atoms with Crippen molar-refractivity contribution < 1.29 is 9.59 Å². The number of anilines is 1. The minimum atomic E-state index is -0.321. The lowest BCUT2D eigenvalue weighted by atomic mass is 10.1. The van der Waals surface area contributed by atoms with E-state index in [1.54, 1.807) is 30.3 Å². The van der Waals surface area contributed by atoms with Crippen LogP contribution >= 0.6 is 0 Å². The van der Waals surface area contributed by atoms with Gasteiger partial charge in [-0.05, 0) is 25.1 Å². The molecule has 0 radical (unpaired) electrons. The van der Waals surface area contributed by atoms with Crippen molar-refractivity contribution in [3.8, 4) is 0 Å². The van der Waals surface area contributed by atoms with Crippen molar-refractivity contribution in [2.75, 3.05) is 5.32 Å². The largest absolute Gasteiger partial charge is 0.321 e. The summed E-state index contributed by atoms with van der Waals surface area (Å²) in [4.78, 5) is 23.3. The predicted molar refractivity (Wildman–Crippen MR) is 66.4 cm³/mol. The average Bonchev–Trinajstić information content (AvgIpc) is 2.40. The molecule has 2 rings (SSSR count). The summed E-state index contributed by atoms with van der Waals surface area (Å²) in [5.74, 6) is -0.419. The number of carbonyl (C=O) groups is 2. The van der Waals surface area contributed by atoms with E-state index in [9.17, 15) is 9.59 Å². The molecule has 0 bridgehead atoms. The van der Waals surface area contributed by atoms with Crippen molar-refractivity contribution in [1.29, 1.82) is 0 Å². The van der Waals surface area contributed by atoms with Crippen LogP contribution in [0, 0.1) is 0 Å². The molecule has 5 nitrogen and oxygen atoms in total. The molecule has 0 atom stereocenters. The molecule has 0 aliphatic heterocycles. The Bertz CT molecular complexity index is 582. The molecule has 0 unspecified atom stereocenters. The topological polar surface area (TPSA) is 72.0 Å². The third-order valence-electron chi connectivity index (χ3n) is 2.40. The Morgan fingerprint density at radius 3 is 2.56 bits per heavy atom. The Balaban J connectivity index is 2.25. The van der Waals surface area contributed by atoms with Crippen LogP contribution in [-0.4, -0.2) is 21.9 Å². The number of nitrogens with one attached hydrogen (secondary N) is 1. The number of benzene rings is 1. The zero-order chi connectivity index (χ0) is 13.0. The van der Waals surface area contributed by atoms with Gasteiger partial charge in [0.2, 0.25) is 0 Å². The zero-order valence-corrected chi connectivity index (χ0v) is 9.75. The first-order valence-electron chi connectivity index (χ1n) is 5.36. The van der Waals surface area contributed by atoms with Gasteiger partial charge in [0.1, 0.15) is 0 Å². The van der Waals surface area contributed by atoms with Gasteiger partial charge in [-0.15, -0.1) is 0 Å². The van der Waals surface area contributed by atoms with Gasteiger partial charge < -0.3 is 5.32 Å². The summed E-state index contributed by atoms with van der Waals surface area (Å²) in [5, 5.41) is 9.90. The van der Waals surface area contributed by atoms with Crippen LogP contribution < -0.4 is 5.32 Å². The molecule has 0 spiro atoms. The quantitative estimate of drug-likeness (QED) is 0.833. The van der Waals surface area contributed by atoms with Crippen LogP contribution in [0.25, 0.3) is 0 Å². The van der Waals surface area contributed by atoms with Crippen molar-refractivity contribution in [3.05, 3.63) is 53.9 Å². The van der Waals surface area contributed by atoms with Crippen LogP contribution in [0.3, 0.4) is 0 Å². The molecule has 0 aliphatic rings. The summed E-state index contributed by atoms with van der Waals surface area (Å²) in [5.41, 5.74) is 1.36. The molecule has 1 N–H and O–H groups in total. The molecule has 0 saturated heterocycles. The molecule has 0 fully saturated rings. The van der Waals surface area contributed by atoms with Crippen molar-refractivity contribution in [1.82, 2.24) is 10.2 Å². The summed E-state index contributed by atoms with van der Waals surface area (Å²) in [6.07, 6.45) is 2.80. The Morgan fingerprint density at radius 2 is 1.89 bits per heavy atom. The number of Topliss-reactive ketones (excluding diaryl/α,β-unsaturated/α-hetero) is 1. The SMILES string of the molecule is CC(=O)c1ccccc1NC(=O)c1ccnnc1. The van der Waals surface area contributed by atoms with E-state index in [0.717, 1.165) is 0 Å². The summed E-state index contributed by atoms with van der Waals surface area (Å²) in [6, 6.07) is 8.41. The van der Waals surface area contributed by atoms with E-state index in [-0.39, 0.29) is 11.7 Å². The van der Waals surface area contributed by atoms with Gasteiger partial charge in [-0.2, -0.15) is 10.2 Å². The highest BCUT2D eigenvalue weighted by Gasteiger charge is 2.11. The highest BCUT2D eigenvalue weighted by Crippen LogP contribution is 2.16. The number of amides is 1. The smallest absolute Gasteiger partial charge is 0.257 e. The molecule has 5 heteroatoms. The monoisotopic (exact) mass is 241 g/mol. The molecule has 1 aromatic carbocycles. The van der Waals surface area contributed by atoms with Gasteiger partial charge in [0.05, 0.1) is 23.6 Å². The third kappa shape index (κ3) is 2.57. The minimum Gasteiger partial charge on any atom is -0.321 e. The van der Waals surface area contributed by atoms with E-state index < -0.39 is 0 Å². The summed E-state index contributed by atoms with van der Waals surface area (Å²) in [6.45, 7) is 1.46. The molecule has 1 heterocycles. The molecular weight excluding hydrogens is 230 g/mol. The number of nitrogens with zero attached hydrogens (tertiary/aromatic N) is 2. The highest BCUT2D eigenvalue weighted by atomic mass is 16.1. The number of hydrogen-bond acceptors (Lipinski definition) is 4. The number of rotatable bonds is 3. The summed E-state index contributed by atoms with van der Waals surface area (Å²) >= 11 is 0. The Hall–Kier alpha value is -2.56. The first-order chi connectivity index (χ1) is 8.68. The maximum atomic E-state index is 11.9. The number of hydrogen-bond donors (Lipinski definition) is 1. The number of ketones is 1. The molecule has 90 valence electrons. The molecule has 2 aromatic rings. The summed E-state index contributed by atoms with van der Waals surface area (Å²) in [7, 11) is 0. The molecular formula is C13H11N3O2. The van der Waals surface area contributed by atoms with Crippen molar-refractivity contribution in [3.63, 3.8) is 0 Å². The van der Waals surface area contributed by atoms with Crippen LogP contribution in [0.1, 0.15) is 27.6 Å².